The van der Waals surface area contributed by atoms with Gasteiger partial charge in [0.1, 0.15) is 5.02 Å². The Labute approximate surface area is 349 Å². The van der Waals surface area contributed by atoms with Crippen LogP contribution in [0.25, 0.3) is 21.8 Å². The Morgan fingerprint density at radius 2 is 1.68 bits per heavy atom. The molecule has 4 aliphatic heterocycles. The summed E-state index contributed by atoms with van der Waals surface area (Å²) in [6.07, 6.45) is 5.84. The minimum Gasteiger partial charge on any atom is -0.480 e. The van der Waals surface area contributed by atoms with Crippen molar-refractivity contribution in [2.24, 2.45) is 20.0 Å². The summed E-state index contributed by atoms with van der Waals surface area (Å²) in [6, 6.07) is 11.0. The van der Waals surface area contributed by atoms with E-state index in [-0.39, 0.29) is 29.2 Å². The van der Waals surface area contributed by atoms with Crippen LogP contribution >= 0.6 is 11.6 Å². The number of nitrogens with one attached hydrogen (secondary N) is 3. The van der Waals surface area contributed by atoms with Crippen molar-refractivity contribution in [3.8, 4) is 5.75 Å². The lowest BCUT2D eigenvalue weighted by Gasteiger charge is -2.43. The summed E-state index contributed by atoms with van der Waals surface area (Å²) >= 11 is 6.63. The predicted molar refractivity (Wildman–Crippen MR) is 225 cm³/mol. The van der Waals surface area contributed by atoms with Gasteiger partial charge in [0.05, 0.1) is 40.6 Å². The van der Waals surface area contributed by atoms with E-state index in [4.69, 9.17) is 26.4 Å². The number of carbonyl (C=O) groups excluding carboxylic acids is 2. The first-order chi connectivity index (χ1) is 28.9. The number of pyridine rings is 1. The van der Waals surface area contributed by atoms with E-state index in [1.165, 1.54) is 4.57 Å². The lowest BCUT2D eigenvalue weighted by molar-refractivity contribution is -0.134. The highest BCUT2D eigenvalue weighted by Crippen LogP contribution is 2.46. The van der Waals surface area contributed by atoms with Crippen molar-refractivity contribution in [3.63, 3.8) is 0 Å². The van der Waals surface area contributed by atoms with Gasteiger partial charge in [0.15, 0.2) is 12.4 Å². The smallest absolute Gasteiger partial charge is 0.301 e. The first kappa shape index (κ1) is 38.6. The van der Waals surface area contributed by atoms with Crippen LogP contribution in [0.4, 0.5) is 37.6 Å². The van der Waals surface area contributed by atoms with E-state index < -0.39 is 30.0 Å². The predicted octanol–water partition coefficient (Wildman–Crippen LogP) is 5.14. The Hall–Kier alpha value is -5.55. The van der Waals surface area contributed by atoms with Crippen LogP contribution in [0, 0.1) is 5.92 Å². The number of imide groups is 1. The molecule has 2 atom stereocenters. The number of anilines is 5. The second-order valence-electron chi connectivity index (χ2n) is 16.8. The number of carbonyl (C=O) groups is 2. The lowest BCUT2D eigenvalue weighted by Crippen LogP contribution is -2.53. The number of piperidine rings is 2. The summed E-state index contributed by atoms with van der Waals surface area (Å²) in [7, 11) is 3.50. The SMILES string of the molecule is Cn1nc(C2CCC(=O)NC2=O)c2ccc(N3CCC(N4CCN(c5ncc(Cl)c(Nc6ccc7c(c6)c6c(c(=O)n7C)OCC(F)(F)C(C7CC7)N6)n5)CC4)CC3)cc21. The molecule has 5 aliphatic rings. The number of hydrogen-bond acceptors (Lipinski definition) is 12. The van der Waals surface area contributed by atoms with Crippen molar-refractivity contribution in [1.82, 2.24) is 34.5 Å². The van der Waals surface area contributed by atoms with Gasteiger partial charge >= 0.3 is 5.92 Å². The molecule has 3 saturated heterocycles. The molecular formula is C42H46ClF2N11O4. The molecule has 1 aliphatic carbocycles. The third-order valence-corrected chi connectivity index (χ3v) is 13.3. The van der Waals surface area contributed by atoms with E-state index >= 15 is 8.78 Å². The van der Waals surface area contributed by atoms with Gasteiger partial charge in [0, 0.05) is 88.0 Å². The highest BCUT2D eigenvalue weighted by Gasteiger charge is 2.51. The maximum atomic E-state index is 15.2. The van der Waals surface area contributed by atoms with E-state index in [2.05, 4.69) is 53.8 Å². The van der Waals surface area contributed by atoms with Crippen molar-refractivity contribution in [3.05, 3.63) is 63.7 Å². The Kier molecular flexibility index (Phi) is 9.57. The van der Waals surface area contributed by atoms with Crippen LogP contribution in [0.15, 0.2) is 47.4 Å². The zero-order chi connectivity index (χ0) is 41.4. The number of amides is 2. The fourth-order valence-corrected chi connectivity index (χ4v) is 9.62. The van der Waals surface area contributed by atoms with Crippen molar-refractivity contribution >= 4 is 74.0 Å². The molecule has 15 nitrogen and oxygen atoms in total. The molecule has 3 aromatic heterocycles. The molecule has 1 saturated carbocycles. The quantitative estimate of drug-likeness (QED) is 0.186. The number of halogens is 3. The Morgan fingerprint density at radius 1 is 0.900 bits per heavy atom. The van der Waals surface area contributed by atoms with Crippen LogP contribution < -0.4 is 36.0 Å². The second-order valence-corrected chi connectivity index (χ2v) is 17.2. The van der Waals surface area contributed by atoms with E-state index in [9.17, 15) is 14.4 Å². The molecule has 7 heterocycles. The van der Waals surface area contributed by atoms with Gasteiger partial charge in [-0.3, -0.25) is 29.3 Å². The zero-order valence-corrected chi connectivity index (χ0v) is 34.1. The number of hydrogen-bond donors (Lipinski definition) is 3. The van der Waals surface area contributed by atoms with E-state index in [0.29, 0.717) is 65.1 Å². The fourth-order valence-electron chi connectivity index (χ4n) is 9.48. The van der Waals surface area contributed by atoms with Crippen LogP contribution in [0.2, 0.25) is 5.02 Å². The minimum atomic E-state index is -3.13. The van der Waals surface area contributed by atoms with Crippen LogP contribution in [0.1, 0.15) is 50.1 Å². The maximum Gasteiger partial charge on any atom is 0.301 e. The van der Waals surface area contributed by atoms with Crippen molar-refractivity contribution < 1.29 is 23.1 Å². The molecule has 0 bridgehead atoms. The van der Waals surface area contributed by atoms with Crippen molar-refractivity contribution in [2.75, 3.05) is 66.3 Å². The number of nitrogens with zero attached hydrogens (tertiary/aromatic N) is 8. The Morgan fingerprint density at radius 3 is 2.43 bits per heavy atom. The first-order valence-electron chi connectivity index (χ1n) is 20.7. The van der Waals surface area contributed by atoms with Gasteiger partial charge in [-0.05, 0) is 74.4 Å². The molecule has 314 valence electrons. The average Bonchev–Trinajstić information content (AvgIpc) is 4.05. The maximum absolute atomic E-state index is 15.2. The number of piperazine rings is 1. The molecule has 10 rings (SSSR count). The average molecular weight is 842 g/mol. The van der Waals surface area contributed by atoms with Gasteiger partial charge in [-0.2, -0.15) is 10.1 Å². The largest absolute Gasteiger partial charge is 0.480 e. The number of fused-ring (bicyclic) bond motifs is 4. The summed E-state index contributed by atoms with van der Waals surface area (Å²) < 4.78 is 39.1. The molecule has 2 unspecified atom stereocenters. The Balaban J connectivity index is 0.788. The van der Waals surface area contributed by atoms with Crippen LogP contribution in [-0.2, 0) is 23.7 Å². The van der Waals surface area contributed by atoms with Gasteiger partial charge in [0.2, 0.25) is 23.5 Å². The van der Waals surface area contributed by atoms with E-state index in [0.717, 1.165) is 74.4 Å². The molecular weight excluding hydrogens is 796 g/mol. The molecule has 2 amide bonds. The van der Waals surface area contributed by atoms with Crippen LogP contribution in [0.5, 0.6) is 5.75 Å². The highest BCUT2D eigenvalue weighted by molar-refractivity contribution is 6.33. The van der Waals surface area contributed by atoms with Crippen LogP contribution in [0.3, 0.4) is 0 Å². The molecule has 0 spiro atoms. The van der Waals surface area contributed by atoms with Gasteiger partial charge in [-0.15, -0.1) is 0 Å². The van der Waals surface area contributed by atoms with E-state index in [1.807, 2.05) is 11.7 Å². The molecule has 60 heavy (non-hydrogen) atoms. The third-order valence-electron chi connectivity index (χ3n) is 13.0. The Bertz CT molecular complexity index is 2600. The van der Waals surface area contributed by atoms with Gasteiger partial charge in [-0.1, -0.05) is 11.6 Å². The number of ether oxygens (including phenoxy) is 1. The molecule has 2 aromatic carbocycles. The fraction of sp³-hybridized carbons (Fsp3) is 0.476. The summed E-state index contributed by atoms with van der Waals surface area (Å²) in [6.45, 7) is 4.23. The molecule has 0 radical (unpaired) electrons. The number of aryl methyl sites for hydroxylation is 2. The van der Waals surface area contributed by atoms with Gasteiger partial charge in [0.25, 0.3) is 5.56 Å². The minimum absolute atomic E-state index is 0.108. The zero-order valence-electron chi connectivity index (χ0n) is 33.4. The summed E-state index contributed by atoms with van der Waals surface area (Å²) in [5, 5.41) is 15.4. The molecule has 4 fully saturated rings. The number of rotatable bonds is 7. The first-order valence-corrected chi connectivity index (χ1v) is 21.1. The van der Waals surface area contributed by atoms with Gasteiger partial charge in [-0.25, -0.2) is 13.8 Å². The third kappa shape index (κ3) is 6.94. The normalized spacial score (nSPS) is 22.6. The number of aromatic nitrogens is 5. The number of benzene rings is 2. The molecule has 3 N–H and O–H groups in total. The van der Waals surface area contributed by atoms with Gasteiger partial charge < -0.3 is 29.7 Å². The molecule has 5 aromatic rings. The number of alkyl halides is 2. The lowest BCUT2D eigenvalue weighted by atomic mass is 9.92. The summed E-state index contributed by atoms with van der Waals surface area (Å²) in [4.78, 5) is 54.1. The van der Waals surface area contributed by atoms with Crippen molar-refractivity contribution in [1.29, 1.82) is 0 Å². The highest BCUT2D eigenvalue weighted by atomic mass is 35.5. The topological polar surface area (TPSA) is 155 Å². The van der Waals surface area contributed by atoms with Crippen molar-refractivity contribution in [2.45, 2.75) is 62.4 Å². The monoisotopic (exact) mass is 841 g/mol. The standard InChI is InChI=1S/C42H46ClF2N11O4/c1-52-31-9-5-24(19-29(31)35-36(40(52)59)60-22-42(44,45)37(49-35)23-3-4-23)47-38-30(43)21-46-41(50-38)56-17-15-55(16-18-56)25-11-13-54(14-12-25)26-6-7-27-32(20-26)53(2)51-34(27)28-8-10-33(57)48-39(28)58/h5-7,9,19-21,23,25,28,37,49H,3-4,8,10-18,22H2,1-2H3,(H,46,47,50)(H,48,57,58). The van der Waals surface area contributed by atoms with E-state index in [1.54, 1.807) is 31.4 Å². The summed E-state index contributed by atoms with van der Waals surface area (Å²) in [5.41, 5.74) is 3.81. The summed E-state index contributed by atoms with van der Waals surface area (Å²) in [5.74, 6) is -3.39. The second kappa shape index (κ2) is 14.9. The molecule has 18 heteroatoms. The van der Waals surface area contributed by atoms with Crippen LogP contribution in [-0.4, -0.2) is 105 Å².